The molecule has 3 heteroatoms. The van der Waals surface area contributed by atoms with E-state index in [9.17, 15) is 0 Å². The van der Waals surface area contributed by atoms with Gasteiger partial charge >= 0.3 is 0 Å². The van der Waals surface area contributed by atoms with E-state index in [4.69, 9.17) is 4.42 Å². The zero-order valence-corrected chi connectivity index (χ0v) is 10.6. The third-order valence-electron chi connectivity index (χ3n) is 4.42. The maximum atomic E-state index is 5.11. The van der Waals surface area contributed by atoms with Crippen LogP contribution in [0.15, 0.2) is 23.0 Å². The highest BCUT2D eigenvalue weighted by Crippen LogP contribution is 2.37. The number of nitrogens with zero attached hydrogens (tertiary/aromatic N) is 1. The molecule has 0 amide bonds. The molecule has 3 rings (SSSR count). The Bertz CT molecular complexity index is 349. The minimum absolute atomic E-state index is 0.708. The second-order valence-electron chi connectivity index (χ2n) is 5.70. The summed E-state index contributed by atoms with van der Waals surface area (Å²) in [7, 11) is 2.21. The van der Waals surface area contributed by atoms with Crippen molar-refractivity contribution < 1.29 is 4.42 Å². The van der Waals surface area contributed by atoms with E-state index in [0.29, 0.717) is 6.04 Å². The molecule has 0 aromatic carbocycles. The van der Waals surface area contributed by atoms with Crippen molar-refractivity contribution in [1.29, 1.82) is 0 Å². The highest BCUT2D eigenvalue weighted by Gasteiger charge is 2.38. The van der Waals surface area contributed by atoms with Gasteiger partial charge < -0.3 is 14.6 Å². The number of fused-ring (bicyclic) bond motifs is 1. The summed E-state index contributed by atoms with van der Waals surface area (Å²) in [5, 5.41) is 3.70. The Balaban J connectivity index is 1.53. The number of hydrogen-bond donors (Lipinski definition) is 1. The Morgan fingerprint density at radius 1 is 1.47 bits per heavy atom. The monoisotopic (exact) mass is 234 g/mol. The smallest absolute Gasteiger partial charge is 0.0947 e. The van der Waals surface area contributed by atoms with Crippen molar-refractivity contribution in [2.45, 2.75) is 31.8 Å². The molecule has 1 aliphatic carbocycles. The van der Waals surface area contributed by atoms with Crippen LogP contribution in [0.2, 0.25) is 0 Å². The maximum Gasteiger partial charge on any atom is 0.0947 e. The van der Waals surface area contributed by atoms with Gasteiger partial charge in [0.1, 0.15) is 0 Å². The van der Waals surface area contributed by atoms with Crippen molar-refractivity contribution >= 4 is 0 Å². The van der Waals surface area contributed by atoms with Crippen molar-refractivity contribution in [3.8, 4) is 0 Å². The van der Waals surface area contributed by atoms with Crippen molar-refractivity contribution in [3.05, 3.63) is 24.2 Å². The lowest BCUT2D eigenvalue weighted by atomic mass is 9.94. The van der Waals surface area contributed by atoms with Gasteiger partial charge in [0.15, 0.2) is 0 Å². The molecule has 0 radical (unpaired) electrons. The molecule has 1 N–H and O–H groups in total. The highest BCUT2D eigenvalue weighted by atomic mass is 16.3. The van der Waals surface area contributed by atoms with Gasteiger partial charge in [0.25, 0.3) is 0 Å². The Morgan fingerprint density at radius 2 is 2.41 bits per heavy atom. The lowest BCUT2D eigenvalue weighted by molar-refractivity contribution is 0.259. The molecule has 1 aromatic heterocycles. The van der Waals surface area contributed by atoms with Gasteiger partial charge in [-0.2, -0.15) is 0 Å². The first-order valence-corrected chi connectivity index (χ1v) is 6.76. The van der Waals surface area contributed by atoms with E-state index < -0.39 is 0 Å². The summed E-state index contributed by atoms with van der Waals surface area (Å²) in [6, 6.07) is 2.76. The molecule has 2 aliphatic rings. The first-order chi connectivity index (χ1) is 8.33. The fourth-order valence-electron chi connectivity index (χ4n) is 3.60. The van der Waals surface area contributed by atoms with Crippen LogP contribution in [0.3, 0.4) is 0 Å². The molecule has 1 aromatic rings. The predicted molar refractivity (Wildman–Crippen MR) is 67.7 cm³/mol. The van der Waals surface area contributed by atoms with Gasteiger partial charge in [0.05, 0.1) is 12.5 Å². The van der Waals surface area contributed by atoms with Crippen LogP contribution >= 0.6 is 0 Å². The Morgan fingerprint density at radius 3 is 3.24 bits per heavy atom. The minimum Gasteiger partial charge on any atom is -0.472 e. The molecular formula is C14H22N2O. The van der Waals surface area contributed by atoms with Crippen molar-refractivity contribution in [2.24, 2.45) is 11.8 Å². The summed E-state index contributed by atoms with van der Waals surface area (Å²) in [5.74, 6) is 1.89. The average molecular weight is 234 g/mol. The Kier molecular flexibility index (Phi) is 3.21. The zero-order chi connectivity index (χ0) is 11.7. The van der Waals surface area contributed by atoms with Gasteiger partial charge in [0.2, 0.25) is 0 Å². The molecule has 1 saturated carbocycles. The van der Waals surface area contributed by atoms with Crippen LogP contribution in [0.4, 0.5) is 0 Å². The molecule has 1 saturated heterocycles. The van der Waals surface area contributed by atoms with Gasteiger partial charge in [-0.25, -0.2) is 0 Å². The van der Waals surface area contributed by atoms with Crippen molar-refractivity contribution in [2.75, 3.05) is 20.1 Å². The lowest BCUT2D eigenvalue weighted by Crippen LogP contribution is -2.38. The summed E-state index contributed by atoms with van der Waals surface area (Å²) in [5.41, 5.74) is 1.27. The van der Waals surface area contributed by atoms with Crippen LogP contribution < -0.4 is 5.32 Å². The average Bonchev–Trinajstić information content (AvgIpc) is 2.97. The Labute approximate surface area is 103 Å². The fourth-order valence-corrected chi connectivity index (χ4v) is 3.60. The van der Waals surface area contributed by atoms with Crippen LogP contribution in [-0.2, 0) is 6.54 Å². The van der Waals surface area contributed by atoms with Crippen LogP contribution in [-0.4, -0.2) is 31.1 Å². The quantitative estimate of drug-likeness (QED) is 0.865. The van der Waals surface area contributed by atoms with Crippen molar-refractivity contribution in [3.63, 3.8) is 0 Å². The van der Waals surface area contributed by atoms with Gasteiger partial charge in [-0.05, 0) is 44.3 Å². The SMILES string of the molecule is CN(Cc1ccoc1)CC1NCC2CCCC21. The van der Waals surface area contributed by atoms with E-state index in [1.54, 1.807) is 6.26 Å². The van der Waals surface area contributed by atoms with E-state index >= 15 is 0 Å². The molecule has 94 valence electrons. The van der Waals surface area contributed by atoms with E-state index in [1.807, 2.05) is 6.26 Å². The van der Waals surface area contributed by atoms with Crippen LogP contribution in [0.25, 0.3) is 0 Å². The molecular weight excluding hydrogens is 212 g/mol. The second-order valence-corrected chi connectivity index (χ2v) is 5.70. The minimum atomic E-state index is 0.708. The molecule has 2 fully saturated rings. The lowest BCUT2D eigenvalue weighted by Gasteiger charge is -2.24. The number of hydrogen-bond acceptors (Lipinski definition) is 3. The summed E-state index contributed by atoms with van der Waals surface area (Å²) >= 11 is 0. The van der Waals surface area contributed by atoms with Crippen molar-refractivity contribution in [1.82, 2.24) is 10.2 Å². The molecule has 1 aliphatic heterocycles. The summed E-state index contributed by atoms with van der Waals surface area (Å²) in [6.07, 6.45) is 7.92. The van der Waals surface area contributed by atoms with Gasteiger partial charge in [-0.1, -0.05) is 6.42 Å². The molecule has 0 bridgehead atoms. The van der Waals surface area contributed by atoms with E-state index in [2.05, 4.69) is 23.3 Å². The normalized spacial score (nSPS) is 32.2. The molecule has 0 spiro atoms. The largest absolute Gasteiger partial charge is 0.472 e. The number of likely N-dealkylation sites (N-methyl/N-ethyl adjacent to an activating group) is 1. The molecule has 17 heavy (non-hydrogen) atoms. The van der Waals surface area contributed by atoms with Crippen LogP contribution in [0.1, 0.15) is 24.8 Å². The first kappa shape index (κ1) is 11.3. The molecule has 3 unspecified atom stereocenters. The third-order valence-corrected chi connectivity index (χ3v) is 4.42. The summed E-state index contributed by atoms with van der Waals surface area (Å²) < 4.78 is 5.11. The number of nitrogens with one attached hydrogen (secondary N) is 1. The van der Waals surface area contributed by atoms with E-state index in [1.165, 1.54) is 31.4 Å². The van der Waals surface area contributed by atoms with Gasteiger partial charge in [0, 0.05) is 24.7 Å². The molecule has 3 atom stereocenters. The van der Waals surface area contributed by atoms with Gasteiger partial charge in [-0.15, -0.1) is 0 Å². The number of rotatable bonds is 4. The second kappa shape index (κ2) is 4.83. The van der Waals surface area contributed by atoms with Gasteiger partial charge in [-0.3, -0.25) is 0 Å². The zero-order valence-electron chi connectivity index (χ0n) is 10.6. The predicted octanol–water partition coefficient (Wildman–Crippen LogP) is 2.10. The summed E-state index contributed by atoms with van der Waals surface area (Å²) in [4.78, 5) is 2.41. The molecule has 3 nitrogen and oxygen atoms in total. The fraction of sp³-hybridized carbons (Fsp3) is 0.714. The van der Waals surface area contributed by atoms with E-state index in [-0.39, 0.29) is 0 Å². The van der Waals surface area contributed by atoms with Crippen LogP contribution in [0, 0.1) is 11.8 Å². The summed E-state index contributed by atoms with van der Waals surface area (Å²) in [6.45, 7) is 3.40. The highest BCUT2D eigenvalue weighted by molar-refractivity contribution is 5.05. The topological polar surface area (TPSA) is 28.4 Å². The van der Waals surface area contributed by atoms with Crippen LogP contribution in [0.5, 0.6) is 0 Å². The third kappa shape index (κ3) is 2.40. The standard InChI is InChI=1S/C14H22N2O/c1-16(8-11-5-6-17-10-11)9-14-13-4-2-3-12(13)7-15-14/h5-6,10,12-15H,2-4,7-9H2,1H3. The first-order valence-electron chi connectivity index (χ1n) is 6.76. The van der Waals surface area contributed by atoms with E-state index in [0.717, 1.165) is 24.9 Å². The molecule has 2 heterocycles. The Hall–Kier alpha value is -0.800. The maximum absolute atomic E-state index is 5.11. The number of furan rings is 1.